The van der Waals surface area contributed by atoms with Crippen molar-refractivity contribution in [3.8, 4) is 0 Å². The zero-order valence-corrected chi connectivity index (χ0v) is 27.9. The van der Waals surface area contributed by atoms with Gasteiger partial charge in [-0.15, -0.1) is 6.58 Å². The number of methoxy groups -OCH3 is 1. The number of aromatic amines is 1. The Labute approximate surface area is 292 Å². The van der Waals surface area contributed by atoms with Crippen molar-refractivity contribution < 1.29 is 73.8 Å². The number of benzene rings is 1. The average molecular weight is 721 g/mol. The van der Waals surface area contributed by atoms with E-state index >= 15 is 0 Å². The molecule has 2 saturated heterocycles. The highest BCUT2D eigenvalue weighted by molar-refractivity contribution is 5.92. The van der Waals surface area contributed by atoms with E-state index in [4.69, 9.17) is 28.4 Å². The van der Waals surface area contributed by atoms with E-state index in [9.17, 15) is 45.3 Å². The Balaban J connectivity index is 1.22. The summed E-state index contributed by atoms with van der Waals surface area (Å²) in [4.78, 5) is 31.3. The van der Waals surface area contributed by atoms with Crippen molar-refractivity contribution >= 4 is 22.8 Å². The normalized spacial score (nSPS) is 38.5. The van der Waals surface area contributed by atoms with Crippen LogP contribution in [0.1, 0.15) is 23.7 Å². The van der Waals surface area contributed by atoms with Crippen molar-refractivity contribution in [3.63, 3.8) is 0 Å². The SMILES string of the molecule is C=C[C@H]1[C@H](O[C@@H]2O[C@H](CO[C@@H]3O[C@H](CO)[C@@H](O)[C@H](O)[C@H]3O)[C@@H](O)[C@H](O)[C@H]2O)OC=C(C(=O)OC)[C@H]1C[C@@H]1c2[nH]c3ccccc3c2CC(=O)N1C. The Bertz CT molecular complexity index is 1610. The van der Waals surface area contributed by atoms with Crippen LogP contribution in [0, 0.1) is 11.8 Å². The highest BCUT2D eigenvalue weighted by Crippen LogP contribution is 2.44. The van der Waals surface area contributed by atoms with Crippen molar-refractivity contribution in [1.82, 2.24) is 9.88 Å². The first-order chi connectivity index (χ1) is 24.4. The van der Waals surface area contributed by atoms with Crippen LogP contribution in [0.5, 0.6) is 0 Å². The molecular formula is C34H44N2O15. The van der Waals surface area contributed by atoms with Crippen LogP contribution in [0.15, 0.2) is 48.8 Å². The minimum Gasteiger partial charge on any atom is -0.471 e. The third-order valence-corrected chi connectivity index (χ3v) is 10.3. The summed E-state index contributed by atoms with van der Waals surface area (Å²) >= 11 is 0. The molecule has 14 atom stereocenters. The zero-order chi connectivity index (χ0) is 36.7. The molecule has 0 bridgehead atoms. The Morgan fingerprint density at radius 2 is 1.65 bits per heavy atom. The number of esters is 1. The molecule has 1 amide bonds. The fourth-order valence-electron chi connectivity index (χ4n) is 7.26. The molecule has 51 heavy (non-hydrogen) atoms. The number of para-hydroxylation sites is 1. The Hall–Kier alpha value is -3.46. The molecule has 2 aromatic rings. The molecule has 6 rings (SSSR count). The van der Waals surface area contributed by atoms with Gasteiger partial charge in [0.2, 0.25) is 12.2 Å². The number of hydrogen-bond donors (Lipinski definition) is 8. The van der Waals surface area contributed by atoms with Gasteiger partial charge < -0.3 is 74.1 Å². The Kier molecular flexibility index (Phi) is 11.2. The fraction of sp³-hybridized carbons (Fsp3) is 0.588. The first-order valence-corrected chi connectivity index (χ1v) is 16.6. The van der Waals surface area contributed by atoms with Crippen LogP contribution in [0.3, 0.4) is 0 Å². The van der Waals surface area contributed by atoms with E-state index in [2.05, 4.69) is 11.6 Å². The van der Waals surface area contributed by atoms with Gasteiger partial charge in [-0.2, -0.15) is 0 Å². The highest BCUT2D eigenvalue weighted by atomic mass is 16.8. The van der Waals surface area contributed by atoms with Crippen LogP contribution in [0.4, 0.5) is 0 Å². The molecule has 280 valence electrons. The van der Waals surface area contributed by atoms with Crippen LogP contribution in [-0.2, 0) is 44.4 Å². The first kappa shape index (κ1) is 37.3. The lowest BCUT2D eigenvalue weighted by Gasteiger charge is -2.45. The maximum atomic E-state index is 13.2. The van der Waals surface area contributed by atoms with E-state index in [1.165, 1.54) is 19.4 Å². The molecule has 0 unspecified atom stereocenters. The Morgan fingerprint density at radius 1 is 0.980 bits per heavy atom. The van der Waals surface area contributed by atoms with Crippen LogP contribution in [-0.4, -0.2) is 153 Å². The summed E-state index contributed by atoms with van der Waals surface area (Å²) in [6.45, 7) is 2.69. The van der Waals surface area contributed by atoms with Crippen molar-refractivity contribution in [3.05, 3.63) is 60.0 Å². The molecule has 2 fully saturated rings. The van der Waals surface area contributed by atoms with E-state index in [-0.39, 0.29) is 24.3 Å². The maximum Gasteiger partial charge on any atom is 0.337 e. The lowest BCUT2D eigenvalue weighted by Crippen LogP contribution is -2.62. The average Bonchev–Trinajstić information content (AvgIpc) is 3.50. The number of nitrogens with zero attached hydrogens (tertiary/aromatic N) is 1. The summed E-state index contributed by atoms with van der Waals surface area (Å²) in [6, 6.07) is 7.13. The number of nitrogens with one attached hydrogen (secondary N) is 1. The molecule has 17 heteroatoms. The molecule has 8 N–H and O–H groups in total. The number of aliphatic hydroxyl groups is 7. The Morgan fingerprint density at radius 3 is 2.33 bits per heavy atom. The predicted molar refractivity (Wildman–Crippen MR) is 172 cm³/mol. The smallest absolute Gasteiger partial charge is 0.337 e. The van der Waals surface area contributed by atoms with Gasteiger partial charge in [0.05, 0.1) is 44.6 Å². The number of hydrogen-bond acceptors (Lipinski definition) is 15. The van der Waals surface area contributed by atoms with Crippen LogP contribution < -0.4 is 0 Å². The van der Waals surface area contributed by atoms with Gasteiger partial charge in [0.15, 0.2) is 12.6 Å². The van der Waals surface area contributed by atoms with E-state index in [0.717, 1.165) is 22.2 Å². The van der Waals surface area contributed by atoms with Crippen molar-refractivity contribution in [2.24, 2.45) is 11.8 Å². The topological polar surface area (TPSA) is 250 Å². The van der Waals surface area contributed by atoms with E-state index in [0.29, 0.717) is 0 Å². The molecule has 4 aliphatic heterocycles. The lowest BCUT2D eigenvalue weighted by molar-refractivity contribution is -0.352. The van der Waals surface area contributed by atoms with Gasteiger partial charge in [0.25, 0.3) is 0 Å². The zero-order valence-electron chi connectivity index (χ0n) is 27.9. The molecule has 4 aliphatic rings. The number of carbonyl (C=O) groups excluding carboxylic acids is 2. The van der Waals surface area contributed by atoms with Crippen molar-refractivity contribution in [2.45, 2.75) is 86.6 Å². The summed E-state index contributed by atoms with van der Waals surface area (Å²) in [5, 5.41) is 73.2. The second-order valence-corrected chi connectivity index (χ2v) is 13.2. The number of H-pyrrole nitrogens is 1. The second kappa shape index (κ2) is 15.3. The maximum absolute atomic E-state index is 13.2. The minimum atomic E-state index is -1.81. The summed E-state index contributed by atoms with van der Waals surface area (Å²) in [5.74, 6) is -2.29. The van der Waals surface area contributed by atoms with Gasteiger partial charge in [0, 0.05) is 35.5 Å². The fourth-order valence-corrected chi connectivity index (χ4v) is 7.26. The number of rotatable bonds is 10. The van der Waals surface area contributed by atoms with Crippen LogP contribution in [0.2, 0.25) is 0 Å². The van der Waals surface area contributed by atoms with Crippen molar-refractivity contribution in [2.75, 3.05) is 27.4 Å². The molecular weight excluding hydrogens is 676 g/mol. The number of amides is 1. The van der Waals surface area contributed by atoms with Crippen molar-refractivity contribution in [1.29, 1.82) is 0 Å². The number of fused-ring (bicyclic) bond motifs is 3. The summed E-state index contributed by atoms with van der Waals surface area (Å²) in [5.41, 5.74) is 2.69. The minimum absolute atomic E-state index is 0.112. The van der Waals surface area contributed by atoms with Gasteiger partial charge in [-0.25, -0.2) is 4.79 Å². The van der Waals surface area contributed by atoms with E-state index in [1.807, 2.05) is 24.3 Å². The molecule has 0 radical (unpaired) electrons. The molecule has 1 aromatic carbocycles. The number of ether oxygens (including phenoxy) is 6. The van der Waals surface area contributed by atoms with E-state index < -0.39 is 105 Å². The van der Waals surface area contributed by atoms with Crippen LogP contribution >= 0.6 is 0 Å². The number of likely N-dealkylation sites (N-methyl/N-ethyl adjacent to an activating group) is 1. The summed E-state index contributed by atoms with van der Waals surface area (Å²) < 4.78 is 33.6. The largest absolute Gasteiger partial charge is 0.471 e. The standard InChI is InChI=1S/C34H44N2O15/c1-4-14-16(9-20-24-17(10-23(38)36(20)2)15-7-5-6-8-19(15)35-24)18(31(45)46-3)12-47-32(14)51-34-30(44)28(42)26(40)22(50-34)13-48-33-29(43)27(41)25(39)21(11-37)49-33/h4-8,12,14,16,20-22,25-30,32-35,37,39-44H,1,9-11,13H2,2-3H3/t14-,16+,20-,21-,22-,25-,26-,27+,28+,29-,30-,32+,33-,34+/m1/s1. The predicted octanol–water partition coefficient (Wildman–Crippen LogP) is -1.91. The first-order valence-electron chi connectivity index (χ1n) is 16.6. The molecule has 17 nitrogen and oxygen atoms in total. The summed E-state index contributed by atoms with van der Waals surface area (Å²) in [7, 11) is 2.91. The van der Waals surface area contributed by atoms with Gasteiger partial charge in [-0.3, -0.25) is 4.79 Å². The molecule has 1 aromatic heterocycles. The number of carbonyl (C=O) groups is 2. The molecule has 0 aliphatic carbocycles. The molecule has 0 spiro atoms. The van der Waals surface area contributed by atoms with E-state index in [1.54, 1.807) is 11.9 Å². The summed E-state index contributed by atoms with van der Waals surface area (Å²) in [6.07, 6.45) is -14.4. The monoisotopic (exact) mass is 720 g/mol. The van der Waals surface area contributed by atoms with Gasteiger partial charge in [0.1, 0.15) is 48.8 Å². The quantitative estimate of drug-likeness (QED) is 0.0985. The highest BCUT2D eigenvalue weighted by Gasteiger charge is 2.50. The van der Waals surface area contributed by atoms with Gasteiger partial charge in [-0.05, 0) is 18.1 Å². The third-order valence-electron chi connectivity index (χ3n) is 10.3. The second-order valence-electron chi connectivity index (χ2n) is 13.2. The number of aromatic nitrogens is 1. The third kappa shape index (κ3) is 6.92. The molecule has 0 saturated carbocycles. The van der Waals surface area contributed by atoms with Gasteiger partial charge >= 0.3 is 5.97 Å². The number of aliphatic hydroxyl groups excluding tert-OH is 7. The van der Waals surface area contributed by atoms with Gasteiger partial charge in [-0.1, -0.05) is 24.3 Å². The van der Waals surface area contributed by atoms with Crippen LogP contribution in [0.25, 0.3) is 10.9 Å². The lowest BCUT2D eigenvalue weighted by atomic mass is 9.77. The molecule has 5 heterocycles.